The molecule has 46 valence electrons. The number of isothiocyanates is 1. The first kappa shape index (κ1) is 7.95. The minimum Gasteiger partial charge on any atom is -0.260 e. The monoisotopic (exact) mass is 149 g/mol. The molecule has 8 heavy (non-hydrogen) atoms. The highest BCUT2D eigenvalue weighted by atomic mass is 32.2. The van der Waals surface area contributed by atoms with Gasteiger partial charge in [0.2, 0.25) is 0 Å². The van der Waals surface area contributed by atoms with Crippen LogP contribution in [0.25, 0.3) is 0 Å². The van der Waals surface area contributed by atoms with Crippen molar-refractivity contribution in [2.45, 2.75) is 0 Å². The van der Waals surface area contributed by atoms with E-state index < -0.39 is 10.8 Å². The zero-order valence-electron chi connectivity index (χ0n) is 4.59. The summed E-state index contributed by atoms with van der Waals surface area (Å²) in [6.07, 6.45) is 1.64. The summed E-state index contributed by atoms with van der Waals surface area (Å²) in [6.45, 7) is 0.534. The Morgan fingerprint density at radius 1 is 1.88 bits per heavy atom. The number of nitrogens with zero attached hydrogens (tertiary/aromatic N) is 1. The lowest BCUT2D eigenvalue weighted by Gasteiger charge is -1.84. The molecule has 0 aliphatic heterocycles. The van der Waals surface area contributed by atoms with E-state index in [-0.39, 0.29) is 0 Å². The average Bonchev–Trinajstić information content (AvgIpc) is 1.66. The van der Waals surface area contributed by atoms with Gasteiger partial charge in [-0.15, -0.1) is 0 Å². The van der Waals surface area contributed by atoms with E-state index in [1.165, 1.54) is 0 Å². The molecule has 0 fully saturated rings. The SMILES string of the molecule is CS(=O)CCN=C=S. The number of rotatable bonds is 3. The molecule has 0 radical (unpaired) electrons. The van der Waals surface area contributed by atoms with Crippen LogP contribution in [0.3, 0.4) is 0 Å². The molecule has 0 aliphatic rings. The molecule has 1 unspecified atom stereocenters. The smallest absolute Gasteiger partial charge is 0.0608 e. The van der Waals surface area contributed by atoms with E-state index in [0.717, 1.165) is 0 Å². The molecular weight excluding hydrogens is 142 g/mol. The van der Waals surface area contributed by atoms with E-state index in [4.69, 9.17) is 0 Å². The molecule has 0 saturated heterocycles. The Hall–Kier alpha value is -0.0500. The van der Waals surface area contributed by atoms with Gasteiger partial charge in [0, 0.05) is 22.8 Å². The van der Waals surface area contributed by atoms with Crippen LogP contribution in [0.5, 0.6) is 0 Å². The molecule has 0 aromatic heterocycles. The van der Waals surface area contributed by atoms with Crippen LogP contribution in [-0.2, 0) is 10.8 Å². The molecule has 4 heteroatoms. The van der Waals surface area contributed by atoms with Crippen molar-refractivity contribution in [3.63, 3.8) is 0 Å². The number of hydrogen-bond acceptors (Lipinski definition) is 3. The molecule has 2 nitrogen and oxygen atoms in total. The first-order valence-corrected chi connectivity index (χ1v) is 4.24. The Morgan fingerprint density at radius 2 is 2.50 bits per heavy atom. The minimum atomic E-state index is -0.747. The molecule has 0 bridgehead atoms. The van der Waals surface area contributed by atoms with Crippen molar-refractivity contribution in [1.82, 2.24) is 0 Å². The molecule has 0 aliphatic carbocycles. The van der Waals surface area contributed by atoms with Gasteiger partial charge in [0.1, 0.15) is 0 Å². The predicted molar refractivity (Wildman–Crippen MR) is 38.8 cm³/mol. The van der Waals surface area contributed by atoms with Crippen molar-refractivity contribution in [2.75, 3.05) is 18.6 Å². The van der Waals surface area contributed by atoms with Crippen LogP contribution in [0, 0.1) is 0 Å². The lowest BCUT2D eigenvalue weighted by Crippen LogP contribution is -1.96. The summed E-state index contributed by atoms with van der Waals surface area (Å²) >= 11 is 4.29. The third-order valence-electron chi connectivity index (χ3n) is 0.555. The normalized spacial score (nSPS) is 12.1. The van der Waals surface area contributed by atoms with Gasteiger partial charge in [0.25, 0.3) is 0 Å². The lowest BCUT2D eigenvalue weighted by molar-refractivity contribution is 0.686. The second-order valence-electron chi connectivity index (χ2n) is 1.25. The molecule has 0 aromatic carbocycles. The maximum Gasteiger partial charge on any atom is 0.0608 e. The highest BCUT2D eigenvalue weighted by molar-refractivity contribution is 7.84. The third kappa shape index (κ3) is 5.95. The van der Waals surface area contributed by atoms with E-state index in [1.807, 2.05) is 0 Å². The zero-order valence-corrected chi connectivity index (χ0v) is 6.22. The molecule has 0 N–H and O–H groups in total. The van der Waals surface area contributed by atoms with Crippen molar-refractivity contribution in [1.29, 1.82) is 0 Å². The van der Waals surface area contributed by atoms with Gasteiger partial charge in [0.05, 0.1) is 11.7 Å². The van der Waals surface area contributed by atoms with Crippen molar-refractivity contribution < 1.29 is 4.21 Å². The molecule has 0 aromatic rings. The van der Waals surface area contributed by atoms with Crippen LogP contribution >= 0.6 is 12.2 Å². The fourth-order valence-corrected chi connectivity index (χ4v) is 0.660. The molecule has 1 atom stereocenters. The quantitative estimate of drug-likeness (QED) is 0.431. The molecule has 0 spiro atoms. The van der Waals surface area contributed by atoms with E-state index in [1.54, 1.807) is 6.26 Å². The summed E-state index contributed by atoms with van der Waals surface area (Å²) in [5.74, 6) is 0.587. The highest BCUT2D eigenvalue weighted by Crippen LogP contribution is 1.73. The van der Waals surface area contributed by atoms with Crippen LogP contribution in [-0.4, -0.2) is 27.9 Å². The lowest BCUT2D eigenvalue weighted by atomic mass is 10.8. The maximum absolute atomic E-state index is 10.3. The van der Waals surface area contributed by atoms with E-state index in [9.17, 15) is 4.21 Å². The summed E-state index contributed by atoms with van der Waals surface area (Å²) in [5.41, 5.74) is 0. The van der Waals surface area contributed by atoms with E-state index in [0.29, 0.717) is 12.3 Å². The van der Waals surface area contributed by atoms with Gasteiger partial charge >= 0.3 is 0 Å². The molecule has 0 amide bonds. The average molecular weight is 149 g/mol. The Morgan fingerprint density at radius 3 is 2.88 bits per heavy atom. The van der Waals surface area contributed by atoms with Crippen molar-refractivity contribution in [3.05, 3.63) is 0 Å². The second-order valence-corrected chi connectivity index (χ2v) is 2.99. The van der Waals surface area contributed by atoms with Crippen molar-refractivity contribution in [2.24, 2.45) is 4.99 Å². The largest absolute Gasteiger partial charge is 0.260 e. The van der Waals surface area contributed by atoms with Gasteiger partial charge in [-0.2, -0.15) is 0 Å². The van der Waals surface area contributed by atoms with Gasteiger partial charge < -0.3 is 0 Å². The maximum atomic E-state index is 10.3. The van der Waals surface area contributed by atoms with Crippen LogP contribution in [0.4, 0.5) is 0 Å². The van der Waals surface area contributed by atoms with E-state index in [2.05, 4.69) is 22.4 Å². The first-order chi connectivity index (χ1) is 3.77. The van der Waals surface area contributed by atoms with Crippen molar-refractivity contribution in [3.8, 4) is 0 Å². The van der Waals surface area contributed by atoms with Gasteiger partial charge in [0.15, 0.2) is 0 Å². The summed E-state index contributed by atoms with van der Waals surface area (Å²) in [6, 6.07) is 0. The number of hydrogen-bond donors (Lipinski definition) is 0. The van der Waals surface area contributed by atoms with Crippen LogP contribution in [0.1, 0.15) is 0 Å². The standard InChI is InChI=1S/C4H7NOS2/c1-8(6)3-2-5-4-7/h2-3H2,1H3. The highest BCUT2D eigenvalue weighted by Gasteiger charge is 1.84. The number of thiocarbonyl (C=S) groups is 1. The summed E-state index contributed by atoms with van der Waals surface area (Å²) < 4.78 is 10.3. The fourth-order valence-electron chi connectivity index (χ4n) is 0.220. The number of aliphatic imine (C=N–C) groups is 1. The minimum absolute atomic E-state index is 0.534. The Bertz CT molecular complexity index is 126. The topological polar surface area (TPSA) is 29.4 Å². The summed E-state index contributed by atoms with van der Waals surface area (Å²) in [5, 5.41) is 2.20. The Labute approximate surface area is 56.5 Å². The summed E-state index contributed by atoms with van der Waals surface area (Å²) in [7, 11) is -0.747. The van der Waals surface area contributed by atoms with Crippen LogP contribution in [0.2, 0.25) is 0 Å². The predicted octanol–water partition coefficient (Wildman–Crippen LogP) is 0.468. The van der Waals surface area contributed by atoms with Crippen molar-refractivity contribution >= 4 is 28.2 Å². The fraction of sp³-hybridized carbons (Fsp3) is 0.750. The summed E-state index contributed by atoms with van der Waals surface area (Å²) in [4.78, 5) is 3.58. The molecule has 0 heterocycles. The Balaban J connectivity index is 3.18. The van der Waals surface area contributed by atoms with Gasteiger partial charge in [-0.25, -0.2) is 4.99 Å². The molecule has 0 saturated carbocycles. The van der Waals surface area contributed by atoms with Crippen LogP contribution in [0.15, 0.2) is 4.99 Å². The Kier molecular flexibility index (Phi) is 5.06. The molecular formula is C4H7NOS2. The van der Waals surface area contributed by atoms with Gasteiger partial charge in [-0.05, 0) is 12.2 Å². The third-order valence-corrected chi connectivity index (χ3v) is 1.44. The van der Waals surface area contributed by atoms with E-state index >= 15 is 0 Å². The van der Waals surface area contributed by atoms with Gasteiger partial charge in [-0.1, -0.05) is 0 Å². The van der Waals surface area contributed by atoms with Gasteiger partial charge in [-0.3, -0.25) is 4.21 Å². The second kappa shape index (κ2) is 5.09. The molecule has 0 rings (SSSR count). The first-order valence-electron chi connectivity index (χ1n) is 2.11. The zero-order chi connectivity index (χ0) is 6.41. The van der Waals surface area contributed by atoms with Crippen LogP contribution < -0.4 is 0 Å².